The van der Waals surface area contributed by atoms with Gasteiger partial charge >= 0.3 is 12.2 Å². The van der Waals surface area contributed by atoms with Crippen LogP contribution in [0.1, 0.15) is 37.8 Å². The van der Waals surface area contributed by atoms with Crippen LogP contribution in [0.3, 0.4) is 0 Å². The van der Waals surface area contributed by atoms with E-state index < -0.39 is 17.6 Å². The number of nitrogens with one attached hydrogen (secondary N) is 1. The first kappa shape index (κ1) is 31.5. The van der Waals surface area contributed by atoms with Crippen molar-refractivity contribution in [2.24, 2.45) is 21.9 Å². The third-order valence-electron chi connectivity index (χ3n) is 5.33. The van der Waals surface area contributed by atoms with E-state index in [0.717, 1.165) is 34.4 Å². The van der Waals surface area contributed by atoms with Crippen LogP contribution >= 0.6 is 24.0 Å². The summed E-state index contributed by atoms with van der Waals surface area (Å²) in [5.74, 6) is 0.625. The molecule has 1 aliphatic heterocycles. The number of halogens is 2. The summed E-state index contributed by atoms with van der Waals surface area (Å²) in [6.45, 7) is 4.22. The van der Waals surface area contributed by atoms with Crippen LogP contribution < -0.4 is 16.8 Å². The number of benzene rings is 2. The summed E-state index contributed by atoms with van der Waals surface area (Å²) in [5.41, 5.74) is 12.2. The molecule has 10 nitrogen and oxygen atoms in total. The van der Waals surface area contributed by atoms with Crippen LogP contribution in [0.25, 0.3) is 0 Å². The second-order valence-corrected chi connectivity index (χ2v) is 8.93. The number of amides is 2. The predicted octanol–water partition coefficient (Wildman–Crippen LogP) is 4.36. The molecule has 0 saturated heterocycles. The molecule has 1 heterocycles. The van der Waals surface area contributed by atoms with Gasteiger partial charge in [0.05, 0.1) is 11.3 Å². The molecule has 0 fully saturated rings. The Hall–Kier alpha value is -3.50. The lowest BCUT2D eigenvalue weighted by atomic mass is 9.87. The highest BCUT2D eigenvalue weighted by Crippen LogP contribution is 2.28. The van der Waals surface area contributed by atoms with Gasteiger partial charge in [0.2, 0.25) is 12.3 Å². The van der Waals surface area contributed by atoms with Crippen LogP contribution in [0, 0.1) is 10.6 Å². The van der Waals surface area contributed by atoms with Crippen molar-refractivity contribution in [3.8, 4) is 0 Å². The lowest BCUT2D eigenvalue weighted by Gasteiger charge is -2.27. The summed E-state index contributed by atoms with van der Waals surface area (Å²) in [7, 11) is 1.76. The fourth-order valence-electron chi connectivity index (χ4n) is 3.64. The first-order valence-corrected chi connectivity index (χ1v) is 11.7. The highest BCUT2D eigenvalue weighted by Gasteiger charge is 2.27. The number of hydroxylamine groups is 1. The molecule has 0 aliphatic carbocycles. The van der Waals surface area contributed by atoms with Crippen molar-refractivity contribution in [3.63, 3.8) is 0 Å². The molecule has 0 bridgehead atoms. The lowest BCUT2D eigenvalue weighted by Crippen LogP contribution is -2.33. The largest absolute Gasteiger partial charge is 0.623 e. The van der Waals surface area contributed by atoms with Crippen LogP contribution in [0.4, 0.5) is 15.3 Å². The van der Waals surface area contributed by atoms with Gasteiger partial charge in [0.25, 0.3) is 0 Å². The van der Waals surface area contributed by atoms with E-state index in [1.807, 2.05) is 50.2 Å². The third-order valence-corrected chi connectivity index (χ3v) is 5.56. The molecule has 0 atom stereocenters. The quantitative estimate of drug-likeness (QED) is 0.341. The van der Waals surface area contributed by atoms with E-state index in [-0.39, 0.29) is 32.2 Å². The summed E-state index contributed by atoms with van der Waals surface area (Å²) in [5, 5.41) is 16.1. The Bertz CT molecular complexity index is 1110. The number of aliphatic imine (C=N–C) groups is 1. The van der Waals surface area contributed by atoms with Gasteiger partial charge in [-0.15, -0.1) is 12.4 Å². The minimum atomic E-state index is -0.837. The molecule has 0 unspecified atom stereocenters. The molecule has 0 spiro atoms. The maximum absolute atomic E-state index is 12.6. The topological polar surface area (TPSA) is 155 Å². The molecule has 2 aromatic carbocycles. The molecule has 202 valence electrons. The zero-order chi connectivity index (χ0) is 26.7. The Balaban J connectivity index is 0.000000384. The van der Waals surface area contributed by atoms with Crippen molar-refractivity contribution in [1.82, 2.24) is 5.32 Å². The Morgan fingerprint density at radius 1 is 1.14 bits per heavy atom. The third kappa shape index (κ3) is 9.82. The summed E-state index contributed by atoms with van der Waals surface area (Å²) in [6.07, 6.45) is -0.0540. The van der Waals surface area contributed by atoms with Gasteiger partial charge in [-0.25, -0.2) is 14.6 Å². The number of nitrogens with two attached hydrogens (primary N) is 2. The number of carbonyl (C=O) groups excluding carboxylic acids is 2. The fourth-order valence-corrected chi connectivity index (χ4v) is 3.81. The number of nitrogens with zero attached hydrogens (tertiary/aromatic N) is 2. The standard InChI is InChI=1S/C16H14ClN3O.C9H18N2O4.ClH/c1-18-15-10-20(21)16(11-5-3-2-4-6-11)13-9-12(17)7-8-14(13)19-15;1-3-4-9(2,5-14-7(10)12)6-15-8(11)13;/h2-9H,10H2,1H3,(H,18,19);3-6H2,1-2H3,(H2,10,12)(H2,11,13);1H. The first-order chi connectivity index (χ1) is 17.1. The van der Waals surface area contributed by atoms with E-state index in [2.05, 4.69) is 10.3 Å². The molecule has 2 amide bonds. The number of primary amides is 2. The second kappa shape index (κ2) is 14.9. The van der Waals surface area contributed by atoms with E-state index >= 15 is 0 Å². The van der Waals surface area contributed by atoms with Crippen molar-refractivity contribution >= 4 is 53.4 Å². The molecule has 2 aromatic rings. The first-order valence-electron chi connectivity index (χ1n) is 11.3. The highest BCUT2D eigenvalue weighted by molar-refractivity contribution is 6.31. The summed E-state index contributed by atoms with van der Waals surface area (Å²) < 4.78 is 10.3. The average molecular weight is 554 g/mol. The van der Waals surface area contributed by atoms with Gasteiger partial charge in [0.15, 0.2) is 5.84 Å². The zero-order valence-electron chi connectivity index (χ0n) is 21.0. The van der Waals surface area contributed by atoms with Crippen molar-refractivity contribution in [1.29, 1.82) is 0 Å². The predicted molar refractivity (Wildman–Crippen MR) is 147 cm³/mol. The highest BCUT2D eigenvalue weighted by atomic mass is 35.5. The minimum Gasteiger partial charge on any atom is -0.623 e. The van der Waals surface area contributed by atoms with E-state index in [9.17, 15) is 14.8 Å². The Morgan fingerprint density at radius 2 is 1.73 bits per heavy atom. The smallest absolute Gasteiger partial charge is 0.404 e. The number of hydrogen-bond acceptors (Lipinski definition) is 7. The SMILES string of the molecule is CCCC(C)(COC(N)=O)COC(N)=O.CNC1=Nc2ccc(Cl)cc2C(c2ccccc2)=[N+]([O-])C1.Cl. The molecule has 37 heavy (non-hydrogen) atoms. The normalized spacial score (nSPS) is 12.5. The number of amidine groups is 1. The number of ether oxygens (including phenoxy) is 2. The summed E-state index contributed by atoms with van der Waals surface area (Å²) >= 11 is 6.10. The monoisotopic (exact) mass is 553 g/mol. The van der Waals surface area contributed by atoms with Crippen molar-refractivity contribution in [3.05, 3.63) is 69.9 Å². The molecular formula is C25H33Cl2N5O5. The lowest BCUT2D eigenvalue weighted by molar-refractivity contribution is -0.439. The van der Waals surface area contributed by atoms with Gasteiger partial charge in [-0.3, -0.25) is 0 Å². The zero-order valence-corrected chi connectivity index (χ0v) is 22.6. The molecular weight excluding hydrogens is 521 g/mol. The van der Waals surface area contributed by atoms with Crippen LogP contribution in [0.2, 0.25) is 5.02 Å². The van der Waals surface area contributed by atoms with Gasteiger partial charge in [-0.05, 0) is 36.8 Å². The average Bonchev–Trinajstić information content (AvgIpc) is 2.98. The Labute approximate surface area is 227 Å². The van der Waals surface area contributed by atoms with E-state index in [1.165, 1.54) is 0 Å². The number of fused-ring (bicyclic) bond motifs is 1. The molecule has 0 saturated carbocycles. The summed E-state index contributed by atoms with van der Waals surface area (Å²) in [6, 6.07) is 15.0. The minimum absolute atomic E-state index is 0. The number of likely N-dealkylation sites (N-methyl/N-ethyl adjacent to an activating group) is 1. The van der Waals surface area contributed by atoms with E-state index in [0.29, 0.717) is 16.6 Å². The van der Waals surface area contributed by atoms with E-state index in [1.54, 1.807) is 19.2 Å². The van der Waals surface area contributed by atoms with Gasteiger partial charge in [0, 0.05) is 23.0 Å². The number of carbonyl (C=O) groups is 2. The van der Waals surface area contributed by atoms with Crippen molar-refractivity contribution in [2.75, 3.05) is 26.8 Å². The van der Waals surface area contributed by atoms with Gasteiger partial charge in [-0.2, -0.15) is 4.74 Å². The molecule has 1 aliphatic rings. The molecule has 0 radical (unpaired) electrons. The van der Waals surface area contributed by atoms with E-state index in [4.69, 9.17) is 32.5 Å². The van der Waals surface area contributed by atoms with Crippen LogP contribution in [-0.2, 0) is 9.47 Å². The number of rotatable bonds is 7. The Morgan fingerprint density at radius 3 is 2.24 bits per heavy atom. The maximum atomic E-state index is 12.6. The van der Waals surface area contributed by atoms with Gasteiger partial charge < -0.3 is 31.5 Å². The second-order valence-electron chi connectivity index (χ2n) is 8.50. The fraction of sp³-hybridized carbons (Fsp3) is 0.360. The summed E-state index contributed by atoms with van der Waals surface area (Å²) in [4.78, 5) is 25.4. The molecule has 5 N–H and O–H groups in total. The van der Waals surface area contributed by atoms with Crippen molar-refractivity contribution in [2.45, 2.75) is 26.7 Å². The van der Waals surface area contributed by atoms with Gasteiger partial charge in [0.1, 0.15) is 13.2 Å². The maximum Gasteiger partial charge on any atom is 0.404 e. The van der Waals surface area contributed by atoms with Crippen molar-refractivity contribution < 1.29 is 23.8 Å². The van der Waals surface area contributed by atoms with Crippen LogP contribution in [-0.4, -0.2) is 55.3 Å². The van der Waals surface area contributed by atoms with Crippen LogP contribution in [0.15, 0.2) is 53.5 Å². The van der Waals surface area contributed by atoms with Gasteiger partial charge in [-0.1, -0.05) is 50.1 Å². The molecule has 3 rings (SSSR count). The molecule has 12 heteroatoms. The Kier molecular flexibility index (Phi) is 12.7. The molecule has 0 aromatic heterocycles. The number of hydrogen-bond donors (Lipinski definition) is 3. The van der Waals surface area contributed by atoms with Crippen LogP contribution in [0.5, 0.6) is 0 Å².